The monoisotopic (exact) mass is 410 g/mol. The molecule has 0 radical (unpaired) electrons. The van der Waals surface area contributed by atoms with Crippen LogP contribution in [0.1, 0.15) is 38.7 Å². The maximum Gasteiger partial charge on any atom is 0.100 e. The normalized spacial score (nSPS) is 14.6. The Labute approximate surface area is 127 Å². The highest BCUT2D eigenvalue weighted by atomic mass is 127. The molecule has 0 N–H and O–H groups in total. The summed E-state index contributed by atoms with van der Waals surface area (Å²) in [6.07, 6.45) is 3.62. The fourth-order valence-electron chi connectivity index (χ4n) is 1.73. The maximum atomic E-state index is 6.11. The van der Waals surface area contributed by atoms with Crippen LogP contribution < -0.4 is 0 Å². The zero-order valence-corrected chi connectivity index (χ0v) is 14.3. The molecule has 0 bridgehead atoms. The van der Waals surface area contributed by atoms with E-state index in [9.17, 15) is 0 Å². The van der Waals surface area contributed by atoms with Crippen LogP contribution in [-0.4, -0.2) is 11.0 Å². The summed E-state index contributed by atoms with van der Waals surface area (Å²) in [5.74, 6) is 0. The third kappa shape index (κ3) is 4.52. The van der Waals surface area contributed by atoms with Gasteiger partial charge in [-0.1, -0.05) is 76.5 Å². The smallest absolute Gasteiger partial charge is 0.100 e. The average Bonchev–Trinajstić information content (AvgIpc) is 2.35. The minimum Gasteiger partial charge on any atom is -0.370 e. The summed E-state index contributed by atoms with van der Waals surface area (Å²) in [5, 5.41) is 0. The van der Waals surface area contributed by atoms with E-state index in [2.05, 4.69) is 70.6 Å². The molecule has 1 unspecified atom stereocenters. The summed E-state index contributed by atoms with van der Waals surface area (Å²) in [6.45, 7) is 5.23. The topological polar surface area (TPSA) is 9.23 Å². The van der Waals surface area contributed by atoms with Gasteiger partial charge in [0.05, 0.1) is 0 Å². The van der Waals surface area contributed by atoms with E-state index in [-0.39, 0.29) is 5.60 Å². The van der Waals surface area contributed by atoms with Crippen molar-refractivity contribution in [1.29, 1.82) is 0 Å². The first kappa shape index (κ1) is 15.4. The van der Waals surface area contributed by atoms with Gasteiger partial charge in [-0.3, -0.25) is 0 Å². The lowest BCUT2D eigenvalue weighted by atomic mass is 9.98. The molecule has 0 spiro atoms. The Kier molecular flexibility index (Phi) is 7.04. The van der Waals surface area contributed by atoms with E-state index in [1.165, 1.54) is 18.4 Å². The molecule has 96 valence electrons. The number of halogens is 2. The molecule has 3 heteroatoms. The van der Waals surface area contributed by atoms with Crippen LogP contribution in [0.25, 0.3) is 0 Å². The summed E-state index contributed by atoms with van der Waals surface area (Å²) < 4.78 is 8.20. The van der Waals surface area contributed by atoms with Crippen molar-refractivity contribution in [2.24, 2.45) is 0 Å². The van der Waals surface area contributed by atoms with Crippen molar-refractivity contribution in [3.05, 3.63) is 34.3 Å². The van der Waals surface area contributed by atoms with Gasteiger partial charge >= 0.3 is 0 Å². The lowest BCUT2D eigenvalue weighted by Gasteiger charge is -2.29. The Morgan fingerprint density at radius 1 is 1.29 bits per heavy atom. The number of alkyl halides is 1. The zero-order chi connectivity index (χ0) is 12.7. The average molecular weight is 411 g/mol. The lowest BCUT2D eigenvalue weighted by molar-refractivity contribution is -0.0176. The van der Waals surface area contributed by atoms with Gasteiger partial charge in [0.25, 0.3) is 0 Å². The number of unbranched alkanes of at least 4 members (excludes halogenated alkanes) is 2. The molecule has 0 fully saturated rings. The van der Waals surface area contributed by atoms with Crippen molar-refractivity contribution in [3.8, 4) is 0 Å². The van der Waals surface area contributed by atoms with Crippen LogP contribution in [0, 0.1) is 0 Å². The van der Waals surface area contributed by atoms with Crippen molar-refractivity contribution in [3.63, 3.8) is 0 Å². The minimum atomic E-state index is -0.186. The van der Waals surface area contributed by atoms with Crippen LogP contribution in [0.4, 0.5) is 0 Å². The molecule has 0 aliphatic heterocycles. The van der Waals surface area contributed by atoms with Crippen LogP contribution in [0.5, 0.6) is 0 Å². The Bertz CT molecular complexity index is 343. The third-order valence-electron chi connectivity index (χ3n) is 2.87. The number of hydrogen-bond donors (Lipinski definition) is 0. The predicted octanol–water partition coefficient (Wildman–Crippen LogP) is 5.31. The predicted molar refractivity (Wildman–Crippen MR) is 85.9 cm³/mol. The van der Waals surface area contributed by atoms with Gasteiger partial charge in [-0.15, -0.1) is 0 Å². The quantitative estimate of drug-likeness (QED) is 0.336. The fourth-order valence-corrected chi connectivity index (χ4v) is 3.06. The lowest BCUT2D eigenvalue weighted by Crippen LogP contribution is -2.28. The molecule has 1 aromatic carbocycles. The first-order valence-corrected chi connectivity index (χ1v) is 8.41. The van der Waals surface area contributed by atoms with Crippen molar-refractivity contribution >= 4 is 38.5 Å². The molecule has 0 amide bonds. The number of hydrogen-bond acceptors (Lipinski definition) is 1. The second-order valence-corrected chi connectivity index (χ2v) is 6.02. The first-order valence-electron chi connectivity index (χ1n) is 6.09. The number of benzene rings is 1. The second-order valence-electron chi connectivity index (χ2n) is 4.40. The number of rotatable bonds is 7. The van der Waals surface area contributed by atoms with Crippen LogP contribution >= 0.6 is 38.5 Å². The van der Waals surface area contributed by atoms with E-state index < -0.39 is 0 Å². The third-order valence-corrected chi connectivity index (χ3v) is 5.01. The molecule has 0 heterocycles. The summed E-state index contributed by atoms with van der Waals surface area (Å²) >= 11 is 6.01. The SMILES string of the molecule is CCCCCOC(C)(CI)c1ccccc1Br. The molecule has 1 atom stereocenters. The van der Waals surface area contributed by atoms with Crippen molar-refractivity contribution in [1.82, 2.24) is 0 Å². The van der Waals surface area contributed by atoms with Gasteiger partial charge in [-0.2, -0.15) is 0 Å². The molecular weight excluding hydrogens is 391 g/mol. The summed E-state index contributed by atoms with van der Waals surface area (Å²) in [4.78, 5) is 0. The molecule has 0 saturated carbocycles. The highest BCUT2D eigenvalue weighted by Gasteiger charge is 2.27. The molecular formula is C14H20BrIO. The van der Waals surface area contributed by atoms with Crippen molar-refractivity contribution < 1.29 is 4.74 Å². The van der Waals surface area contributed by atoms with Gasteiger partial charge < -0.3 is 4.74 Å². The van der Waals surface area contributed by atoms with Crippen LogP contribution in [0.2, 0.25) is 0 Å². The second kappa shape index (κ2) is 7.74. The maximum absolute atomic E-state index is 6.11. The molecule has 0 aromatic heterocycles. The van der Waals surface area contributed by atoms with Crippen molar-refractivity contribution in [2.45, 2.75) is 38.7 Å². The standard InChI is InChI=1S/C14H20BrIO/c1-3-4-7-10-17-14(2,11-16)12-8-5-6-9-13(12)15/h5-6,8-9H,3-4,7,10-11H2,1-2H3. The minimum absolute atomic E-state index is 0.186. The molecule has 1 nitrogen and oxygen atoms in total. The van der Waals surface area contributed by atoms with Gasteiger partial charge in [0.1, 0.15) is 5.60 Å². The zero-order valence-electron chi connectivity index (χ0n) is 10.5. The molecule has 0 saturated heterocycles. The van der Waals surface area contributed by atoms with Gasteiger partial charge in [-0.25, -0.2) is 0 Å². The van der Waals surface area contributed by atoms with E-state index in [0.29, 0.717) is 0 Å². The van der Waals surface area contributed by atoms with E-state index in [4.69, 9.17) is 4.74 Å². The summed E-state index contributed by atoms with van der Waals surface area (Å²) in [6, 6.07) is 8.33. The van der Waals surface area contributed by atoms with Crippen LogP contribution in [0.15, 0.2) is 28.7 Å². The number of ether oxygens (including phenoxy) is 1. The molecule has 17 heavy (non-hydrogen) atoms. The molecule has 0 aliphatic carbocycles. The Morgan fingerprint density at radius 3 is 2.59 bits per heavy atom. The van der Waals surface area contributed by atoms with Gasteiger partial charge in [0.2, 0.25) is 0 Å². The first-order chi connectivity index (χ1) is 8.14. The van der Waals surface area contributed by atoms with Gasteiger partial charge in [0, 0.05) is 15.5 Å². The molecule has 0 aliphatic rings. The summed E-state index contributed by atoms with van der Waals surface area (Å²) in [7, 11) is 0. The summed E-state index contributed by atoms with van der Waals surface area (Å²) in [5.41, 5.74) is 1.06. The highest BCUT2D eigenvalue weighted by molar-refractivity contribution is 14.1. The van der Waals surface area contributed by atoms with Gasteiger partial charge in [-0.05, 0) is 25.0 Å². The Morgan fingerprint density at radius 2 is 2.00 bits per heavy atom. The Hall–Kier alpha value is 0.390. The van der Waals surface area contributed by atoms with Crippen molar-refractivity contribution in [2.75, 3.05) is 11.0 Å². The van der Waals surface area contributed by atoms with E-state index in [1.807, 2.05) is 6.07 Å². The largest absolute Gasteiger partial charge is 0.370 e. The molecule has 1 aromatic rings. The van der Waals surface area contributed by atoms with E-state index in [0.717, 1.165) is 21.9 Å². The van der Waals surface area contributed by atoms with Crippen LogP contribution in [-0.2, 0) is 10.3 Å². The highest BCUT2D eigenvalue weighted by Crippen LogP contribution is 2.33. The van der Waals surface area contributed by atoms with E-state index in [1.54, 1.807) is 0 Å². The van der Waals surface area contributed by atoms with E-state index >= 15 is 0 Å². The van der Waals surface area contributed by atoms with Crippen LogP contribution in [0.3, 0.4) is 0 Å². The van der Waals surface area contributed by atoms with Gasteiger partial charge in [0.15, 0.2) is 0 Å². The fraction of sp³-hybridized carbons (Fsp3) is 0.571. The Balaban J connectivity index is 2.71. The molecule has 1 rings (SSSR count).